The van der Waals surface area contributed by atoms with Crippen LogP contribution >= 0.6 is 0 Å². The Labute approximate surface area is 330 Å². The molecule has 0 unspecified atom stereocenters. The summed E-state index contributed by atoms with van der Waals surface area (Å²) in [5.41, 5.74) is 13.9. The summed E-state index contributed by atoms with van der Waals surface area (Å²) in [6.45, 7) is 0. The van der Waals surface area contributed by atoms with Crippen LogP contribution in [0.5, 0.6) is 0 Å². The van der Waals surface area contributed by atoms with E-state index in [1.54, 1.807) is 0 Å². The average Bonchev–Trinajstić information content (AvgIpc) is 3.88. The van der Waals surface area contributed by atoms with Crippen molar-refractivity contribution in [2.45, 2.75) is 0 Å². The molecular weight excluding hydrogens is 695 g/mol. The Morgan fingerprint density at radius 2 is 1.05 bits per heavy atom. The van der Waals surface area contributed by atoms with Crippen LogP contribution in [0.2, 0.25) is 0 Å². The van der Waals surface area contributed by atoms with Crippen LogP contribution in [-0.4, -0.2) is 9.55 Å². The van der Waals surface area contributed by atoms with Gasteiger partial charge in [0, 0.05) is 44.3 Å². The van der Waals surface area contributed by atoms with Gasteiger partial charge in [0.1, 0.15) is 5.52 Å². The molecule has 0 atom stereocenters. The summed E-state index contributed by atoms with van der Waals surface area (Å²) in [6, 6.07) is 75.3. The number of para-hydroxylation sites is 3. The molecule has 4 nitrogen and oxygen atoms in total. The molecule has 0 saturated carbocycles. The van der Waals surface area contributed by atoms with Gasteiger partial charge in [-0.15, -0.1) is 0 Å². The highest BCUT2D eigenvalue weighted by molar-refractivity contribution is 6.11. The predicted octanol–water partition coefficient (Wildman–Crippen LogP) is 14.5. The molecule has 0 N–H and O–H groups in total. The zero-order valence-corrected chi connectivity index (χ0v) is 31.0. The van der Waals surface area contributed by atoms with Crippen LogP contribution < -0.4 is 4.90 Å². The molecule has 9 aromatic carbocycles. The van der Waals surface area contributed by atoms with E-state index in [0.717, 1.165) is 72.4 Å². The van der Waals surface area contributed by atoms with E-state index in [1.807, 2.05) is 36.4 Å². The second-order valence-electron chi connectivity index (χ2n) is 14.4. The molecule has 0 saturated heterocycles. The molecule has 0 bridgehead atoms. The SMILES string of the molecule is c1ccc(-c2nc3c(ccc4ccc(-c5ccc(N(c6ccc7c8ccccc8n(-c8ccccc8)c7c6)c6ccccc6-c6ccccc6)cc5)cc43)o2)cc1. The van der Waals surface area contributed by atoms with E-state index in [2.05, 4.69) is 185 Å². The Balaban J connectivity index is 1.06. The van der Waals surface area contributed by atoms with Crippen molar-refractivity contribution < 1.29 is 4.42 Å². The second-order valence-corrected chi connectivity index (χ2v) is 14.4. The predicted molar refractivity (Wildman–Crippen MR) is 237 cm³/mol. The number of benzene rings is 9. The maximum Gasteiger partial charge on any atom is 0.227 e. The summed E-state index contributed by atoms with van der Waals surface area (Å²) in [6.07, 6.45) is 0. The first-order chi connectivity index (χ1) is 28.3. The molecule has 0 amide bonds. The average molecular weight is 730 g/mol. The Kier molecular flexibility index (Phi) is 7.78. The van der Waals surface area contributed by atoms with E-state index >= 15 is 0 Å². The van der Waals surface area contributed by atoms with Gasteiger partial charge in [-0.3, -0.25) is 0 Å². The zero-order chi connectivity index (χ0) is 37.7. The number of hydrogen-bond donors (Lipinski definition) is 0. The van der Waals surface area contributed by atoms with Crippen LogP contribution in [0.3, 0.4) is 0 Å². The standard InChI is InChI=1S/C53H35N3O/c1-4-14-37(15-5-1)44-20-10-12-22-48(44)55(43-31-32-46-45-21-11-13-23-49(45)56(50(46)35-43)41-18-8-3-9-19-41)42-29-26-36(27-30-42)40-25-24-38-28-33-51-52(47(38)34-40)54-53(57-51)39-16-6-2-7-17-39/h1-35H. The van der Waals surface area contributed by atoms with Crippen LogP contribution in [0.1, 0.15) is 0 Å². The Hall–Kier alpha value is -7.69. The highest BCUT2D eigenvalue weighted by atomic mass is 16.3. The van der Waals surface area contributed by atoms with Crippen molar-refractivity contribution >= 4 is 60.7 Å². The first-order valence-corrected chi connectivity index (χ1v) is 19.3. The Morgan fingerprint density at radius 3 is 1.86 bits per heavy atom. The van der Waals surface area contributed by atoms with Gasteiger partial charge in [-0.05, 0) is 94.9 Å². The molecule has 0 aliphatic carbocycles. The fraction of sp³-hybridized carbons (Fsp3) is 0. The van der Waals surface area contributed by atoms with E-state index in [9.17, 15) is 0 Å². The first kappa shape index (κ1) is 32.7. The van der Waals surface area contributed by atoms with E-state index < -0.39 is 0 Å². The summed E-state index contributed by atoms with van der Waals surface area (Å²) < 4.78 is 8.62. The summed E-state index contributed by atoms with van der Waals surface area (Å²) >= 11 is 0. The summed E-state index contributed by atoms with van der Waals surface area (Å²) in [5, 5.41) is 4.65. The molecule has 0 fully saturated rings. The van der Waals surface area contributed by atoms with E-state index in [0.29, 0.717) is 5.89 Å². The highest BCUT2D eigenvalue weighted by Gasteiger charge is 2.20. The maximum absolute atomic E-state index is 6.23. The Bertz CT molecular complexity index is 3220. The summed E-state index contributed by atoms with van der Waals surface area (Å²) in [7, 11) is 0. The van der Waals surface area contributed by atoms with Gasteiger partial charge in [0.05, 0.1) is 16.7 Å². The number of nitrogens with zero attached hydrogens (tertiary/aromatic N) is 3. The molecule has 0 aliphatic rings. The minimum absolute atomic E-state index is 0.631. The minimum Gasteiger partial charge on any atom is -0.436 e. The molecule has 0 aliphatic heterocycles. The van der Waals surface area contributed by atoms with Gasteiger partial charge in [-0.1, -0.05) is 140 Å². The third kappa shape index (κ3) is 5.66. The third-order valence-electron chi connectivity index (χ3n) is 11.0. The second kappa shape index (κ2) is 13.6. The molecule has 4 heteroatoms. The first-order valence-electron chi connectivity index (χ1n) is 19.3. The van der Waals surface area contributed by atoms with E-state index in [1.165, 1.54) is 21.9 Å². The van der Waals surface area contributed by atoms with Gasteiger partial charge >= 0.3 is 0 Å². The monoisotopic (exact) mass is 729 g/mol. The van der Waals surface area contributed by atoms with Gasteiger partial charge < -0.3 is 13.9 Å². The number of aromatic nitrogens is 2. The van der Waals surface area contributed by atoms with Crippen LogP contribution in [0.4, 0.5) is 17.1 Å². The fourth-order valence-corrected chi connectivity index (χ4v) is 8.31. The van der Waals surface area contributed by atoms with Crippen molar-refractivity contribution in [1.29, 1.82) is 0 Å². The highest BCUT2D eigenvalue weighted by Crippen LogP contribution is 2.44. The van der Waals surface area contributed by atoms with Gasteiger partial charge in [-0.2, -0.15) is 0 Å². The molecule has 268 valence electrons. The normalized spacial score (nSPS) is 11.5. The molecule has 57 heavy (non-hydrogen) atoms. The van der Waals surface area contributed by atoms with Gasteiger partial charge in [0.2, 0.25) is 5.89 Å². The fourth-order valence-electron chi connectivity index (χ4n) is 8.31. The summed E-state index contributed by atoms with van der Waals surface area (Å²) in [5.74, 6) is 0.631. The smallest absolute Gasteiger partial charge is 0.227 e. The molecule has 0 radical (unpaired) electrons. The molecule has 11 rings (SSSR count). The van der Waals surface area contributed by atoms with Crippen molar-refractivity contribution in [3.63, 3.8) is 0 Å². The van der Waals surface area contributed by atoms with Crippen LogP contribution in [0, 0.1) is 0 Å². The lowest BCUT2D eigenvalue weighted by molar-refractivity contribution is 0.620. The van der Waals surface area contributed by atoms with Gasteiger partial charge in [0.25, 0.3) is 0 Å². The van der Waals surface area contributed by atoms with Crippen molar-refractivity contribution in [1.82, 2.24) is 9.55 Å². The lowest BCUT2D eigenvalue weighted by Crippen LogP contribution is -2.11. The van der Waals surface area contributed by atoms with E-state index in [-0.39, 0.29) is 0 Å². The number of fused-ring (bicyclic) bond motifs is 6. The van der Waals surface area contributed by atoms with Crippen LogP contribution in [0.25, 0.3) is 83.1 Å². The topological polar surface area (TPSA) is 34.2 Å². The number of hydrogen-bond acceptors (Lipinski definition) is 3. The molecule has 2 heterocycles. The third-order valence-corrected chi connectivity index (χ3v) is 11.0. The minimum atomic E-state index is 0.631. The molecular formula is C53H35N3O. The Morgan fingerprint density at radius 1 is 0.421 bits per heavy atom. The molecule has 0 spiro atoms. The molecule has 2 aromatic heterocycles. The number of oxazole rings is 1. The van der Waals surface area contributed by atoms with Crippen molar-refractivity contribution in [2.75, 3.05) is 4.90 Å². The molecule has 11 aromatic rings. The van der Waals surface area contributed by atoms with Gasteiger partial charge in [-0.25, -0.2) is 4.98 Å². The largest absolute Gasteiger partial charge is 0.436 e. The summed E-state index contributed by atoms with van der Waals surface area (Å²) in [4.78, 5) is 7.36. The number of anilines is 3. The lowest BCUT2D eigenvalue weighted by atomic mass is 9.99. The lowest BCUT2D eigenvalue weighted by Gasteiger charge is -2.28. The van der Waals surface area contributed by atoms with Gasteiger partial charge in [0.15, 0.2) is 5.58 Å². The van der Waals surface area contributed by atoms with E-state index in [4.69, 9.17) is 9.40 Å². The van der Waals surface area contributed by atoms with Crippen LogP contribution in [-0.2, 0) is 0 Å². The van der Waals surface area contributed by atoms with Crippen molar-refractivity contribution in [2.24, 2.45) is 0 Å². The van der Waals surface area contributed by atoms with Crippen molar-refractivity contribution in [3.8, 4) is 39.4 Å². The quantitative estimate of drug-likeness (QED) is 0.164. The van der Waals surface area contributed by atoms with Crippen LogP contribution in [0.15, 0.2) is 217 Å². The maximum atomic E-state index is 6.23. The zero-order valence-electron chi connectivity index (χ0n) is 31.0. The van der Waals surface area contributed by atoms with Crippen molar-refractivity contribution in [3.05, 3.63) is 212 Å². The number of rotatable bonds is 7.